The first-order valence-corrected chi connectivity index (χ1v) is 6.87. The molecule has 0 saturated carbocycles. The number of amides is 1. The zero-order valence-electron chi connectivity index (χ0n) is 10.4. The topological polar surface area (TPSA) is 69.1 Å². The van der Waals surface area contributed by atoms with Gasteiger partial charge in [-0.05, 0) is 48.4 Å². The molecular formula is C13H20N2OS. The molecule has 3 nitrogen and oxygen atoms in total. The second-order valence-corrected chi connectivity index (χ2v) is 5.39. The quantitative estimate of drug-likeness (QED) is 0.812. The SMILES string of the molecule is Cc1cc(C(N)=O)ccc1CSCC(C)CN. The Hall–Kier alpha value is -1.000. The average Bonchev–Trinajstić information content (AvgIpc) is 2.30. The molecule has 1 aromatic carbocycles. The fraction of sp³-hybridized carbons (Fsp3) is 0.462. The van der Waals surface area contributed by atoms with Crippen LogP contribution in [-0.2, 0) is 5.75 Å². The van der Waals surface area contributed by atoms with Crippen molar-refractivity contribution in [2.75, 3.05) is 12.3 Å². The van der Waals surface area contributed by atoms with E-state index in [2.05, 4.69) is 6.92 Å². The van der Waals surface area contributed by atoms with E-state index in [4.69, 9.17) is 11.5 Å². The molecule has 0 aromatic heterocycles. The standard InChI is InChI=1S/C13H20N2OS/c1-9(6-14)7-17-8-12-4-3-11(13(15)16)5-10(12)2/h3-5,9H,6-8,14H2,1-2H3,(H2,15,16). The third kappa shape index (κ3) is 4.40. The zero-order chi connectivity index (χ0) is 12.8. The van der Waals surface area contributed by atoms with E-state index in [9.17, 15) is 4.79 Å². The Labute approximate surface area is 107 Å². The second kappa shape index (κ2) is 6.67. The fourth-order valence-corrected chi connectivity index (χ4v) is 2.65. The van der Waals surface area contributed by atoms with Gasteiger partial charge in [-0.1, -0.05) is 13.0 Å². The van der Waals surface area contributed by atoms with Gasteiger partial charge in [-0.25, -0.2) is 0 Å². The lowest BCUT2D eigenvalue weighted by atomic mass is 10.1. The van der Waals surface area contributed by atoms with Crippen LogP contribution in [-0.4, -0.2) is 18.2 Å². The maximum Gasteiger partial charge on any atom is 0.248 e. The third-order valence-corrected chi connectivity index (χ3v) is 4.01. The molecule has 0 aliphatic rings. The van der Waals surface area contributed by atoms with Gasteiger partial charge < -0.3 is 11.5 Å². The third-order valence-electron chi connectivity index (χ3n) is 2.69. The molecule has 0 fully saturated rings. The van der Waals surface area contributed by atoms with E-state index in [1.807, 2.05) is 30.8 Å². The predicted octanol–water partition coefficient (Wildman–Crippen LogP) is 1.92. The first-order chi connectivity index (χ1) is 8.04. The number of hydrogen-bond donors (Lipinski definition) is 2. The molecule has 1 unspecified atom stereocenters. The summed E-state index contributed by atoms with van der Waals surface area (Å²) in [5.74, 6) is 2.19. The van der Waals surface area contributed by atoms with Gasteiger partial charge in [-0.3, -0.25) is 4.79 Å². The smallest absolute Gasteiger partial charge is 0.248 e. The molecule has 1 atom stereocenters. The van der Waals surface area contributed by atoms with Crippen LogP contribution in [0.2, 0.25) is 0 Å². The van der Waals surface area contributed by atoms with Gasteiger partial charge in [-0.15, -0.1) is 0 Å². The predicted molar refractivity (Wildman–Crippen MR) is 74.1 cm³/mol. The number of nitrogens with two attached hydrogens (primary N) is 2. The van der Waals surface area contributed by atoms with E-state index >= 15 is 0 Å². The molecule has 0 bridgehead atoms. The summed E-state index contributed by atoms with van der Waals surface area (Å²) in [6, 6.07) is 5.62. The van der Waals surface area contributed by atoms with Crippen LogP contribution in [0.25, 0.3) is 0 Å². The minimum atomic E-state index is -0.371. The van der Waals surface area contributed by atoms with E-state index in [1.165, 1.54) is 5.56 Å². The normalized spacial score (nSPS) is 12.4. The number of carbonyl (C=O) groups is 1. The van der Waals surface area contributed by atoms with E-state index < -0.39 is 0 Å². The molecule has 0 spiro atoms. The second-order valence-electron chi connectivity index (χ2n) is 4.36. The highest BCUT2D eigenvalue weighted by Gasteiger charge is 2.05. The van der Waals surface area contributed by atoms with Gasteiger partial charge >= 0.3 is 0 Å². The maximum absolute atomic E-state index is 11.0. The minimum Gasteiger partial charge on any atom is -0.366 e. The number of thioether (sulfide) groups is 1. The number of primary amides is 1. The number of hydrogen-bond acceptors (Lipinski definition) is 3. The Morgan fingerprint density at radius 2 is 2.18 bits per heavy atom. The van der Waals surface area contributed by atoms with Crippen LogP contribution in [0.3, 0.4) is 0 Å². The van der Waals surface area contributed by atoms with E-state index in [-0.39, 0.29) is 5.91 Å². The average molecular weight is 252 g/mol. The summed E-state index contributed by atoms with van der Waals surface area (Å²) in [7, 11) is 0. The molecule has 0 aliphatic carbocycles. The fourth-order valence-electron chi connectivity index (χ4n) is 1.45. The van der Waals surface area contributed by atoms with Crippen molar-refractivity contribution < 1.29 is 4.79 Å². The van der Waals surface area contributed by atoms with Crippen molar-refractivity contribution in [3.63, 3.8) is 0 Å². The lowest BCUT2D eigenvalue weighted by Gasteiger charge is -2.10. The molecule has 1 rings (SSSR count). The Kier molecular flexibility index (Phi) is 5.51. The number of aryl methyl sites for hydroxylation is 1. The molecule has 4 N–H and O–H groups in total. The molecule has 1 amide bonds. The Morgan fingerprint density at radius 1 is 1.47 bits per heavy atom. The summed E-state index contributed by atoms with van der Waals surface area (Å²) in [6.45, 7) is 4.89. The van der Waals surface area contributed by atoms with Crippen molar-refractivity contribution in [2.24, 2.45) is 17.4 Å². The lowest BCUT2D eigenvalue weighted by molar-refractivity contribution is 0.1000. The van der Waals surface area contributed by atoms with Gasteiger partial charge in [0.2, 0.25) is 5.91 Å². The highest BCUT2D eigenvalue weighted by atomic mass is 32.2. The van der Waals surface area contributed by atoms with E-state index in [0.29, 0.717) is 11.5 Å². The van der Waals surface area contributed by atoms with Crippen molar-refractivity contribution in [3.05, 3.63) is 34.9 Å². The van der Waals surface area contributed by atoms with Crippen molar-refractivity contribution in [1.82, 2.24) is 0 Å². The molecule has 0 saturated heterocycles. The summed E-state index contributed by atoms with van der Waals surface area (Å²) in [6.07, 6.45) is 0. The van der Waals surface area contributed by atoms with Crippen molar-refractivity contribution in [1.29, 1.82) is 0 Å². The monoisotopic (exact) mass is 252 g/mol. The van der Waals surface area contributed by atoms with Gasteiger partial charge in [0.05, 0.1) is 0 Å². The summed E-state index contributed by atoms with van der Waals surface area (Å²) in [4.78, 5) is 11.0. The molecule has 1 aromatic rings. The molecule has 94 valence electrons. The summed E-state index contributed by atoms with van der Waals surface area (Å²) >= 11 is 1.87. The Morgan fingerprint density at radius 3 is 2.71 bits per heavy atom. The van der Waals surface area contributed by atoms with Crippen LogP contribution in [0, 0.1) is 12.8 Å². The largest absolute Gasteiger partial charge is 0.366 e. The number of carbonyl (C=O) groups excluding carboxylic acids is 1. The molecular weight excluding hydrogens is 232 g/mol. The lowest BCUT2D eigenvalue weighted by Crippen LogP contribution is -2.13. The van der Waals surface area contributed by atoms with Crippen LogP contribution in [0.5, 0.6) is 0 Å². The van der Waals surface area contributed by atoms with E-state index in [0.717, 1.165) is 23.6 Å². The van der Waals surface area contributed by atoms with Gasteiger partial charge in [-0.2, -0.15) is 11.8 Å². The highest BCUT2D eigenvalue weighted by Crippen LogP contribution is 2.19. The maximum atomic E-state index is 11.0. The molecule has 0 aliphatic heterocycles. The number of rotatable bonds is 6. The van der Waals surface area contributed by atoms with Gasteiger partial charge in [0.1, 0.15) is 0 Å². The van der Waals surface area contributed by atoms with Crippen LogP contribution in [0.4, 0.5) is 0 Å². The first-order valence-electron chi connectivity index (χ1n) is 5.71. The minimum absolute atomic E-state index is 0.371. The van der Waals surface area contributed by atoms with Crippen LogP contribution in [0.1, 0.15) is 28.4 Å². The Balaban J connectivity index is 2.57. The Bertz CT molecular complexity index is 393. The zero-order valence-corrected chi connectivity index (χ0v) is 11.2. The van der Waals surface area contributed by atoms with Crippen molar-refractivity contribution >= 4 is 17.7 Å². The van der Waals surface area contributed by atoms with Gasteiger partial charge in [0.25, 0.3) is 0 Å². The van der Waals surface area contributed by atoms with Crippen LogP contribution in [0.15, 0.2) is 18.2 Å². The highest BCUT2D eigenvalue weighted by molar-refractivity contribution is 7.98. The van der Waals surface area contributed by atoms with Gasteiger partial charge in [0.15, 0.2) is 0 Å². The molecule has 0 heterocycles. The van der Waals surface area contributed by atoms with E-state index in [1.54, 1.807) is 6.07 Å². The van der Waals surface area contributed by atoms with Crippen molar-refractivity contribution in [3.8, 4) is 0 Å². The van der Waals surface area contributed by atoms with Gasteiger partial charge in [0, 0.05) is 11.3 Å². The van der Waals surface area contributed by atoms with Crippen molar-refractivity contribution in [2.45, 2.75) is 19.6 Å². The molecule has 4 heteroatoms. The first kappa shape index (κ1) is 14.1. The molecule has 17 heavy (non-hydrogen) atoms. The van der Waals surface area contributed by atoms with Crippen LogP contribution >= 0.6 is 11.8 Å². The summed E-state index contributed by atoms with van der Waals surface area (Å²) in [5, 5.41) is 0. The summed E-state index contributed by atoms with van der Waals surface area (Å²) < 4.78 is 0. The summed E-state index contributed by atoms with van der Waals surface area (Å²) in [5.41, 5.74) is 13.8. The number of benzene rings is 1. The van der Waals surface area contributed by atoms with Crippen LogP contribution < -0.4 is 11.5 Å². The molecule has 0 radical (unpaired) electrons.